The fraction of sp³-hybridized carbons (Fsp3) is 0.211. The number of halogens is 4. The van der Waals surface area contributed by atoms with E-state index >= 15 is 0 Å². The van der Waals surface area contributed by atoms with Crippen molar-refractivity contribution in [3.8, 4) is 17.2 Å². The molecule has 2 aromatic carbocycles. The average molecular weight is 466 g/mol. The third-order valence-corrected chi connectivity index (χ3v) is 4.21. The van der Waals surface area contributed by atoms with Crippen LogP contribution in [0, 0.1) is 0 Å². The van der Waals surface area contributed by atoms with Gasteiger partial charge in [0, 0.05) is 18.6 Å². The zero-order valence-electron chi connectivity index (χ0n) is 14.5. The van der Waals surface area contributed by atoms with Gasteiger partial charge in [-0.3, -0.25) is 0 Å². The third-order valence-electron chi connectivity index (χ3n) is 3.34. The van der Waals surface area contributed by atoms with Crippen LogP contribution in [-0.2, 0) is 0 Å². The fourth-order valence-corrected chi connectivity index (χ4v) is 2.80. The highest BCUT2D eigenvalue weighted by Crippen LogP contribution is 2.37. The number of benzene rings is 2. The molecule has 5 nitrogen and oxygen atoms in total. The van der Waals surface area contributed by atoms with E-state index in [4.69, 9.17) is 65.7 Å². The summed E-state index contributed by atoms with van der Waals surface area (Å²) in [5.41, 5.74) is 0.165. The van der Waals surface area contributed by atoms with Crippen molar-refractivity contribution in [3.05, 3.63) is 62.6 Å². The summed E-state index contributed by atoms with van der Waals surface area (Å²) >= 11 is 23.4. The molecule has 2 aromatic rings. The van der Waals surface area contributed by atoms with Gasteiger partial charge in [0.25, 0.3) is 0 Å². The van der Waals surface area contributed by atoms with Crippen LogP contribution < -0.4 is 14.2 Å². The van der Waals surface area contributed by atoms with E-state index < -0.39 is 5.97 Å². The first-order chi connectivity index (χ1) is 13.4. The van der Waals surface area contributed by atoms with Crippen LogP contribution >= 0.6 is 46.4 Å². The highest BCUT2D eigenvalue weighted by Gasteiger charge is 2.11. The number of aromatic carboxylic acids is 1. The maximum Gasteiger partial charge on any atom is 0.335 e. The quantitative estimate of drug-likeness (QED) is 0.421. The summed E-state index contributed by atoms with van der Waals surface area (Å²) in [6.07, 6.45) is 2.03. The summed E-state index contributed by atoms with van der Waals surface area (Å²) in [5.74, 6) is 0.264. The molecule has 0 atom stereocenters. The van der Waals surface area contributed by atoms with Crippen LogP contribution in [0.2, 0.25) is 10.0 Å². The Morgan fingerprint density at radius 2 is 1.64 bits per heavy atom. The lowest BCUT2D eigenvalue weighted by molar-refractivity contribution is 0.0696. The zero-order chi connectivity index (χ0) is 20.5. The topological polar surface area (TPSA) is 65.0 Å². The number of hydrogen-bond acceptors (Lipinski definition) is 4. The first kappa shape index (κ1) is 22.5. The Balaban J connectivity index is 1.82. The Hall–Kier alpha value is -1.79. The van der Waals surface area contributed by atoms with E-state index in [9.17, 15) is 4.79 Å². The molecule has 0 bridgehead atoms. The smallest absolute Gasteiger partial charge is 0.335 e. The van der Waals surface area contributed by atoms with E-state index in [1.54, 1.807) is 24.3 Å². The summed E-state index contributed by atoms with van der Waals surface area (Å²) in [6.45, 7) is 0.823. The molecule has 0 aliphatic heterocycles. The van der Waals surface area contributed by atoms with E-state index in [-0.39, 0.29) is 16.7 Å². The second kappa shape index (κ2) is 11.3. The van der Waals surface area contributed by atoms with Crippen LogP contribution in [0.3, 0.4) is 0 Å². The van der Waals surface area contributed by atoms with Gasteiger partial charge in [-0.2, -0.15) is 0 Å². The maximum absolute atomic E-state index is 10.9. The molecular formula is C19H16Cl4O5. The minimum Gasteiger partial charge on any atom is -0.493 e. The maximum atomic E-state index is 10.9. The lowest BCUT2D eigenvalue weighted by atomic mass is 10.2. The molecule has 150 valence electrons. The van der Waals surface area contributed by atoms with Crippen LogP contribution in [0.1, 0.15) is 16.8 Å². The number of carboxylic acids is 1. The monoisotopic (exact) mass is 464 g/mol. The first-order valence-electron chi connectivity index (χ1n) is 8.09. The van der Waals surface area contributed by atoms with Crippen LogP contribution in [0.5, 0.6) is 17.2 Å². The molecule has 1 N–H and O–H groups in total. The molecule has 9 heteroatoms. The Labute approximate surface area is 182 Å². The van der Waals surface area contributed by atoms with E-state index in [0.717, 1.165) is 0 Å². The van der Waals surface area contributed by atoms with Crippen LogP contribution in [0.25, 0.3) is 0 Å². The Morgan fingerprint density at radius 1 is 0.964 bits per heavy atom. The Bertz CT molecular complexity index is 827. The van der Waals surface area contributed by atoms with E-state index in [2.05, 4.69) is 0 Å². The normalized spacial score (nSPS) is 10.3. The van der Waals surface area contributed by atoms with E-state index in [1.807, 2.05) is 0 Å². The van der Waals surface area contributed by atoms with Crippen LogP contribution in [0.15, 0.2) is 47.0 Å². The predicted octanol–water partition coefficient (Wildman–Crippen LogP) is 6.24. The second-order valence-corrected chi connectivity index (χ2v) is 7.23. The first-order valence-corrected chi connectivity index (χ1v) is 9.60. The molecule has 0 saturated carbocycles. The minimum atomic E-state index is -1.01. The number of carboxylic acid groups (broad SMARTS) is 1. The largest absolute Gasteiger partial charge is 0.493 e. The van der Waals surface area contributed by atoms with Gasteiger partial charge < -0.3 is 19.3 Å². The van der Waals surface area contributed by atoms with Gasteiger partial charge in [-0.1, -0.05) is 52.5 Å². The molecule has 0 aromatic heterocycles. The molecule has 0 heterocycles. The van der Waals surface area contributed by atoms with Crippen molar-refractivity contribution in [2.45, 2.75) is 6.42 Å². The molecule has 0 radical (unpaired) electrons. The summed E-state index contributed by atoms with van der Waals surface area (Å²) in [5, 5.41) is 9.57. The standard InChI is InChI=1S/C19H16Cl4O5/c20-15-10-14(27-8-5-17(22)23)11-16(21)18(15)28-7-2-6-26-13-4-1-3-12(9-13)19(24)25/h1,3-5,9-11H,2,6-8H2,(H,24,25). The third kappa shape index (κ3) is 7.32. The van der Waals surface area contributed by atoms with Crippen molar-refractivity contribution < 1.29 is 24.1 Å². The lowest BCUT2D eigenvalue weighted by Crippen LogP contribution is -2.06. The zero-order valence-corrected chi connectivity index (χ0v) is 17.5. The van der Waals surface area contributed by atoms with Crippen molar-refractivity contribution in [2.24, 2.45) is 0 Å². The van der Waals surface area contributed by atoms with Crippen LogP contribution in [-0.4, -0.2) is 30.9 Å². The molecular weight excluding hydrogens is 450 g/mol. The highest BCUT2D eigenvalue weighted by molar-refractivity contribution is 6.55. The van der Waals surface area contributed by atoms with Crippen molar-refractivity contribution >= 4 is 52.4 Å². The molecule has 0 aliphatic rings. The van der Waals surface area contributed by atoms with Crippen molar-refractivity contribution in [2.75, 3.05) is 19.8 Å². The number of rotatable bonds is 10. The van der Waals surface area contributed by atoms with Gasteiger partial charge in [0.1, 0.15) is 22.6 Å². The van der Waals surface area contributed by atoms with Crippen LogP contribution in [0.4, 0.5) is 0 Å². The average Bonchev–Trinajstić information content (AvgIpc) is 2.63. The molecule has 0 saturated heterocycles. The fourth-order valence-electron chi connectivity index (χ4n) is 2.10. The predicted molar refractivity (Wildman–Crippen MR) is 111 cm³/mol. The van der Waals surface area contributed by atoms with Gasteiger partial charge in [0.05, 0.1) is 28.8 Å². The van der Waals surface area contributed by atoms with Gasteiger partial charge >= 0.3 is 5.97 Å². The molecule has 0 fully saturated rings. The van der Waals surface area contributed by atoms with Crippen molar-refractivity contribution in [3.63, 3.8) is 0 Å². The molecule has 2 rings (SSSR count). The lowest BCUT2D eigenvalue weighted by Gasteiger charge is -2.12. The van der Waals surface area contributed by atoms with E-state index in [1.165, 1.54) is 18.2 Å². The van der Waals surface area contributed by atoms with Gasteiger partial charge in [0.2, 0.25) is 0 Å². The van der Waals surface area contributed by atoms with Crippen molar-refractivity contribution in [1.29, 1.82) is 0 Å². The molecule has 0 aliphatic carbocycles. The minimum absolute atomic E-state index is 0.106. The molecule has 0 amide bonds. The van der Waals surface area contributed by atoms with Gasteiger partial charge in [0.15, 0.2) is 5.75 Å². The molecule has 28 heavy (non-hydrogen) atoms. The Morgan fingerprint density at radius 3 is 2.29 bits per heavy atom. The molecule has 0 unspecified atom stereocenters. The summed E-state index contributed by atoms with van der Waals surface area (Å²) in [7, 11) is 0. The molecule has 0 spiro atoms. The van der Waals surface area contributed by atoms with Crippen molar-refractivity contribution in [1.82, 2.24) is 0 Å². The van der Waals surface area contributed by atoms with Gasteiger partial charge in [-0.05, 0) is 24.3 Å². The summed E-state index contributed by atoms with van der Waals surface area (Å²) in [6, 6.07) is 9.42. The second-order valence-electron chi connectivity index (χ2n) is 5.40. The number of hydrogen-bond donors (Lipinski definition) is 1. The SMILES string of the molecule is O=C(O)c1cccc(OCCCOc2c(Cl)cc(OCC=C(Cl)Cl)cc2Cl)c1. The number of carbonyl (C=O) groups is 1. The Kier molecular flexibility index (Phi) is 9.06. The van der Waals surface area contributed by atoms with Gasteiger partial charge in [-0.25, -0.2) is 4.79 Å². The number of ether oxygens (including phenoxy) is 3. The highest BCUT2D eigenvalue weighted by atomic mass is 35.5. The van der Waals surface area contributed by atoms with E-state index in [0.29, 0.717) is 46.9 Å². The van der Waals surface area contributed by atoms with Gasteiger partial charge in [-0.15, -0.1) is 0 Å². The summed E-state index contributed by atoms with van der Waals surface area (Å²) < 4.78 is 16.7. The summed E-state index contributed by atoms with van der Waals surface area (Å²) in [4.78, 5) is 10.9.